The average molecular weight is 268 g/mol. The Morgan fingerprint density at radius 1 is 1.53 bits per heavy atom. The molecule has 0 aliphatic carbocycles. The zero-order valence-corrected chi connectivity index (χ0v) is 11.2. The van der Waals surface area contributed by atoms with Crippen LogP contribution in [0.15, 0.2) is 12.4 Å². The molecule has 0 fully saturated rings. The molecule has 19 heavy (non-hydrogen) atoms. The average Bonchev–Trinajstić information content (AvgIpc) is 2.88. The molecular weight excluding hydrogens is 248 g/mol. The number of aromatic nitrogens is 2. The second-order valence-electron chi connectivity index (χ2n) is 4.20. The number of carboxylic acid groups (broad SMARTS) is 1. The molecule has 1 rings (SSSR count). The lowest BCUT2D eigenvalue weighted by Gasteiger charge is -2.23. The number of carboxylic acids is 1. The van der Waals surface area contributed by atoms with Crippen LogP contribution >= 0.6 is 0 Å². The molecule has 106 valence electrons. The van der Waals surface area contributed by atoms with E-state index in [0.29, 0.717) is 25.2 Å². The van der Waals surface area contributed by atoms with Gasteiger partial charge in [-0.15, -0.1) is 0 Å². The van der Waals surface area contributed by atoms with E-state index in [9.17, 15) is 9.59 Å². The number of carbonyl (C=O) groups is 2. The highest BCUT2D eigenvalue weighted by atomic mass is 16.4. The van der Waals surface area contributed by atoms with Crippen molar-refractivity contribution in [2.24, 2.45) is 0 Å². The van der Waals surface area contributed by atoms with Crippen molar-refractivity contribution in [1.29, 1.82) is 0 Å². The summed E-state index contributed by atoms with van der Waals surface area (Å²) in [5, 5.41) is 11.6. The number of H-pyrrole nitrogens is 1. The first-order valence-corrected chi connectivity index (χ1v) is 6.35. The van der Waals surface area contributed by atoms with E-state index in [0.717, 1.165) is 0 Å². The quantitative estimate of drug-likeness (QED) is 0.695. The van der Waals surface area contributed by atoms with E-state index in [1.807, 2.05) is 13.8 Å². The Hall–Kier alpha value is -2.05. The number of aromatic amines is 1. The molecule has 1 atom stereocenters. The number of imidazole rings is 1. The normalized spacial score (nSPS) is 11.9. The van der Waals surface area contributed by atoms with E-state index in [4.69, 9.17) is 5.11 Å². The van der Waals surface area contributed by atoms with E-state index in [1.165, 1.54) is 4.90 Å². The highest BCUT2D eigenvalue weighted by Gasteiger charge is 2.20. The molecule has 3 N–H and O–H groups in total. The number of nitrogens with zero attached hydrogens (tertiary/aromatic N) is 2. The molecule has 0 aliphatic rings. The van der Waals surface area contributed by atoms with Gasteiger partial charge in [0, 0.05) is 18.9 Å². The van der Waals surface area contributed by atoms with Crippen molar-refractivity contribution >= 4 is 12.0 Å². The van der Waals surface area contributed by atoms with Crippen LogP contribution in [0.4, 0.5) is 4.79 Å². The topological polar surface area (TPSA) is 98.3 Å². The third-order valence-electron chi connectivity index (χ3n) is 2.66. The second-order valence-corrected chi connectivity index (χ2v) is 4.20. The third-order valence-corrected chi connectivity index (χ3v) is 2.66. The van der Waals surface area contributed by atoms with Gasteiger partial charge in [0.1, 0.15) is 12.4 Å². The monoisotopic (exact) mass is 268 g/mol. The summed E-state index contributed by atoms with van der Waals surface area (Å²) in [7, 11) is 0. The molecule has 2 amide bonds. The minimum atomic E-state index is -1.02. The lowest BCUT2D eigenvalue weighted by atomic mass is 10.2. The van der Waals surface area contributed by atoms with Crippen LogP contribution in [-0.2, 0) is 4.79 Å². The number of aliphatic carboxylic acids is 1. The van der Waals surface area contributed by atoms with Crippen molar-refractivity contribution in [2.45, 2.75) is 32.7 Å². The van der Waals surface area contributed by atoms with E-state index < -0.39 is 5.97 Å². The first-order valence-electron chi connectivity index (χ1n) is 6.35. The predicted octanol–water partition coefficient (Wildman–Crippen LogP) is 1.37. The van der Waals surface area contributed by atoms with Crippen molar-refractivity contribution in [3.8, 4) is 0 Å². The summed E-state index contributed by atoms with van der Waals surface area (Å²) in [6.07, 6.45) is 4.68. The number of urea groups is 1. The zero-order valence-electron chi connectivity index (χ0n) is 11.2. The molecule has 0 aliphatic heterocycles. The maximum Gasteiger partial charge on any atom is 0.323 e. The van der Waals surface area contributed by atoms with Gasteiger partial charge in [0.2, 0.25) is 0 Å². The Morgan fingerprint density at radius 3 is 2.74 bits per heavy atom. The van der Waals surface area contributed by atoms with Crippen molar-refractivity contribution in [2.75, 3.05) is 13.1 Å². The van der Waals surface area contributed by atoms with E-state index in [-0.39, 0.29) is 18.6 Å². The Kier molecular flexibility index (Phi) is 5.84. The molecule has 1 unspecified atom stereocenters. The fourth-order valence-corrected chi connectivity index (χ4v) is 1.76. The van der Waals surface area contributed by atoms with Gasteiger partial charge in [-0.25, -0.2) is 9.78 Å². The SMILES string of the molecule is CCCN(CC(=O)O)C(=O)NC(CC)c1ncc[nH]1. The summed E-state index contributed by atoms with van der Waals surface area (Å²) < 4.78 is 0. The smallest absolute Gasteiger partial charge is 0.323 e. The predicted molar refractivity (Wildman–Crippen MR) is 69.7 cm³/mol. The fourth-order valence-electron chi connectivity index (χ4n) is 1.76. The molecule has 7 nitrogen and oxygen atoms in total. The summed E-state index contributed by atoms with van der Waals surface area (Å²) in [5.74, 6) is -0.350. The highest BCUT2D eigenvalue weighted by Crippen LogP contribution is 2.11. The van der Waals surface area contributed by atoms with Gasteiger partial charge < -0.3 is 20.3 Å². The Labute approximate surface area is 112 Å². The van der Waals surface area contributed by atoms with Crippen molar-refractivity contribution in [3.63, 3.8) is 0 Å². The summed E-state index contributed by atoms with van der Waals surface area (Å²) in [6, 6.07) is -0.622. The maximum atomic E-state index is 12.0. The molecule has 0 aromatic carbocycles. The number of amides is 2. The van der Waals surface area contributed by atoms with Gasteiger partial charge in [0.25, 0.3) is 0 Å². The lowest BCUT2D eigenvalue weighted by molar-refractivity contribution is -0.137. The van der Waals surface area contributed by atoms with Gasteiger partial charge in [-0.2, -0.15) is 0 Å². The number of rotatable bonds is 7. The van der Waals surface area contributed by atoms with Crippen LogP contribution in [-0.4, -0.2) is 45.1 Å². The molecule has 1 heterocycles. The van der Waals surface area contributed by atoms with Gasteiger partial charge in [-0.1, -0.05) is 13.8 Å². The van der Waals surface area contributed by atoms with Crippen LogP contribution in [0.5, 0.6) is 0 Å². The van der Waals surface area contributed by atoms with Crippen LogP contribution in [0.2, 0.25) is 0 Å². The second kappa shape index (κ2) is 7.40. The van der Waals surface area contributed by atoms with Crippen LogP contribution in [0.3, 0.4) is 0 Å². The van der Waals surface area contributed by atoms with E-state index in [2.05, 4.69) is 15.3 Å². The first-order chi connectivity index (χ1) is 9.08. The molecule has 7 heteroatoms. The fraction of sp³-hybridized carbons (Fsp3) is 0.583. The Morgan fingerprint density at radius 2 is 2.26 bits per heavy atom. The molecule has 0 radical (unpaired) electrons. The maximum absolute atomic E-state index is 12.0. The van der Waals surface area contributed by atoms with E-state index in [1.54, 1.807) is 12.4 Å². The highest BCUT2D eigenvalue weighted by molar-refractivity contribution is 5.80. The van der Waals surface area contributed by atoms with Crippen molar-refractivity contribution < 1.29 is 14.7 Å². The van der Waals surface area contributed by atoms with Crippen LogP contribution in [0, 0.1) is 0 Å². The van der Waals surface area contributed by atoms with E-state index >= 15 is 0 Å². The molecule has 1 aromatic rings. The number of nitrogens with one attached hydrogen (secondary N) is 2. The zero-order chi connectivity index (χ0) is 14.3. The van der Waals surface area contributed by atoms with Gasteiger partial charge in [-0.05, 0) is 12.8 Å². The van der Waals surface area contributed by atoms with Crippen LogP contribution in [0.1, 0.15) is 38.6 Å². The number of hydrogen-bond donors (Lipinski definition) is 3. The van der Waals surface area contributed by atoms with Crippen molar-refractivity contribution in [1.82, 2.24) is 20.2 Å². The summed E-state index contributed by atoms with van der Waals surface area (Å²) in [4.78, 5) is 31.1. The molecule has 0 bridgehead atoms. The van der Waals surface area contributed by atoms with Crippen LogP contribution in [0.25, 0.3) is 0 Å². The van der Waals surface area contributed by atoms with Gasteiger partial charge in [-0.3, -0.25) is 4.79 Å². The molecule has 0 saturated heterocycles. The Bertz CT molecular complexity index is 405. The van der Waals surface area contributed by atoms with Crippen molar-refractivity contribution in [3.05, 3.63) is 18.2 Å². The van der Waals surface area contributed by atoms with Crippen LogP contribution < -0.4 is 5.32 Å². The minimum absolute atomic E-state index is 0.240. The molecule has 0 spiro atoms. The largest absolute Gasteiger partial charge is 0.480 e. The van der Waals surface area contributed by atoms with Gasteiger partial charge >= 0.3 is 12.0 Å². The molecular formula is C12H20N4O3. The number of carbonyl (C=O) groups excluding carboxylic acids is 1. The van der Waals surface area contributed by atoms with Gasteiger partial charge in [0.15, 0.2) is 0 Å². The first kappa shape index (κ1) is 15.0. The standard InChI is InChI=1S/C12H20N4O3/c1-3-7-16(8-10(17)18)12(19)15-9(4-2)11-13-5-6-14-11/h5-6,9H,3-4,7-8H2,1-2H3,(H,13,14)(H,15,19)(H,17,18). The molecule has 0 saturated carbocycles. The minimum Gasteiger partial charge on any atom is -0.480 e. The Balaban J connectivity index is 2.66. The summed E-state index contributed by atoms with van der Waals surface area (Å²) in [5.41, 5.74) is 0. The lowest BCUT2D eigenvalue weighted by Crippen LogP contribution is -2.44. The molecule has 1 aromatic heterocycles. The summed E-state index contributed by atoms with van der Waals surface area (Å²) in [6.45, 7) is 3.93. The van der Waals surface area contributed by atoms with Gasteiger partial charge in [0.05, 0.1) is 6.04 Å². The third kappa shape index (κ3) is 4.61. The number of hydrogen-bond acceptors (Lipinski definition) is 3. The summed E-state index contributed by atoms with van der Waals surface area (Å²) >= 11 is 0.